The van der Waals surface area contributed by atoms with E-state index in [2.05, 4.69) is 4.98 Å². The number of carbonyl (C=O) groups excluding carboxylic acids is 2. The number of Topliss-reactive ketones (excluding diaryl/α,β-unsaturated/α-hetero) is 1. The molecule has 0 saturated heterocycles. The van der Waals surface area contributed by atoms with E-state index in [9.17, 15) is 19.2 Å². The highest BCUT2D eigenvalue weighted by Crippen LogP contribution is 2.18. The lowest BCUT2D eigenvalue weighted by Gasteiger charge is -2.15. The number of nitrogens with zero attached hydrogens (tertiary/aromatic N) is 3. The van der Waals surface area contributed by atoms with Crippen molar-refractivity contribution in [2.75, 3.05) is 18.6 Å². The number of nitrogen functional groups attached to an aromatic ring is 1. The van der Waals surface area contributed by atoms with Crippen LogP contribution in [0, 0.1) is 0 Å². The lowest BCUT2D eigenvalue weighted by molar-refractivity contribution is 0.0470. The molecule has 0 saturated carbocycles. The van der Waals surface area contributed by atoms with Crippen LogP contribution in [0.2, 0.25) is 0 Å². The molecule has 3 aromatic rings. The molecule has 0 fully saturated rings. The molecule has 9 nitrogen and oxygen atoms in total. The van der Waals surface area contributed by atoms with E-state index in [1.165, 1.54) is 31.1 Å². The van der Waals surface area contributed by atoms with E-state index in [0.29, 0.717) is 5.03 Å². The number of esters is 1. The van der Waals surface area contributed by atoms with E-state index in [-0.39, 0.29) is 17.9 Å². The van der Waals surface area contributed by atoms with E-state index >= 15 is 0 Å². The van der Waals surface area contributed by atoms with E-state index in [1.54, 1.807) is 36.6 Å². The first-order chi connectivity index (χ1) is 14.8. The fourth-order valence-corrected chi connectivity index (χ4v) is 3.49. The van der Waals surface area contributed by atoms with Gasteiger partial charge in [-0.2, -0.15) is 0 Å². The summed E-state index contributed by atoms with van der Waals surface area (Å²) in [7, 11) is 1.26. The fourth-order valence-electron chi connectivity index (χ4n) is 2.95. The predicted octanol–water partition coefficient (Wildman–Crippen LogP) is 1.33. The molecule has 3 rings (SSSR count). The smallest absolute Gasteiger partial charge is 0.341 e. The quantitative estimate of drug-likeness (QED) is 0.331. The molecule has 10 heteroatoms. The van der Waals surface area contributed by atoms with E-state index in [0.717, 1.165) is 14.7 Å². The highest BCUT2D eigenvalue weighted by Gasteiger charge is 2.23. The number of ether oxygens (including phenoxy) is 1. The van der Waals surface area contributed by atoms with Crippen molar-refractivity contribution in [3.8, 4) is 0 Å². The number of nitrogens with two attached hydrogens (primary N) is 1. The lowest BCUT2D eigenvalue weighted by Crippen LogP contribution is -2.43. The lowest BCUT2D eigenvalue weighted by atomic mass is 10.2. The molecule has 0 amide bonds. The van der Waals surface area contributed by atoms with Gasteiger partial charge in [0.15, 0.2) is 6.61 Å². The minimum atomic E-state index is -0.848. The molecule has 0 aliphatic carbocycles. The molecule has 0 unspecified atom stereocenters. The van der Waals surface area contributed by atoms with Crippen LogP contribution < -0.4 is 17.0 Å². The normalized spacial score (nSPS) is 10.6. The molecule has 0 radical (unpaired) electrons. The van der Waals surface area contributed by atoms with Gasteiger partial charge in [0.25, 0.3) is 5.56 Å². The summed E-state index contributed by atoms with van der Waals surface area (Å²) in [5.41, 5.74) is 5.11. The van der Waals surface area contributed by atoms with Crippen molar-refractivity contribution >= 4 is 29.3 Å². The molecule has 1 aromatic carbocycles. The Morgan fingerprint density at radius 2 is 1.84 bits per heavy atom. The first-order valence-corrected chi connectivity index (χ1v) is 10.4. The molecule has 160 valence electrons. The Bertz CT molecular complexity index is 1250. The zero-order valence-electron chi connectivity index (χ0n) is 16.9. The second-order valence-electron chi connectivity index (χ2n) is 6.54. The third-order valence-electron chi connectivity index (χ3n) is 4.56. The summed E-state index contributed by atoms with van der Waals surface area (Å²) < 4.78 is 7.04. The molecule has 31 heavy (non-hydrogen) atoms. The van der Waals surface area contributed by atoms with Gasteiger partial charge in [-0.25, -0.2) is 14.6 Å². The van der Waals surface area contributed by atoms with Gasteiger partial charge in [0, 0.05) is 13.2 Å². The van der Waals surface area contributed by atoms with Crippen molar-refractivity contribution in [1.82, 2.24) is 14.1 Å². The van der Waals surface area contributed by atoms with E-state index < -0.39 is 35.2 Å². The summed E-state index contributed by atoms with van der Waals surface area (Å²) in [6, 6.07) is 12.1. The van der Waals surface area contributed by atoms with Gasteiger partial charge in [-0.1, -0.05) is 30.3 Å². The average molecular weight is 440 g/mol. The van der Waals surface area contributed by atoms with Crippen LogP contribution in [0.1, 0.15) is 26.3 Å². The Labute approximate surface area is 181 Å². The van der Waals surface area contributed by atoms with Gasteiger partial charge in [-0.05, 0) is 24.0 Å². The second kappa shape index (κ2) is 9.43. The number of rotatable bonds is 7. The zero-order chi connectivity index (χ0) is 22.5. The first-order valence-electron chi connectivity index (χ1n) is 9.17. The molecular formula is C21H20N4O5S. The maximum absolute atomic E-state index is 12.7. The van der Waals surface area contributed by atoms with Gasteiger partial charge < -0.3 is 10.5 Å². The van der Waals surface area contributed by atoms with Crippen LogP contribution in [-0.4, -0.2) is 38.7 Å². The maximum Gasteiger partial charge on any atom is 0.341 e. The summed E-state index contributed by atoms with van der Waals surface area (Å²) in [4.78, 5) is 54.3. The van der Waals surface area contributed by atoms with Gasteiger partial charge in [0.1, 0.15) is 16.4 Å². The molecule has 2 aromatic heterocycles. The van der Waals surface area contributed by atoms with Gasteiger partial charge in [-0.3, -0.25) is 18.7 Å². The minimum Gasteiger partial charge on any atom is -0.454 e. The molecule has 2 heterocycles. The van der Waals surface area contributed by atoms with Crippen LogP contribution in [0.3, 0.4) is 0 Å². The van der Waals surface area contributed by atoms with Gasteiger partial charge in [-0.15, -0.1) is 11.8 Å². The summed E-state index contributed by atoms with van der Waals surface area (Å²) in [5, 5.41) is 0.451. The first kappa shape index (κ1) is 22.0. The molecule has 0 atom stereocenters. The summed E-state index contributed by atoms with van der Waals surface area (Å²) in [5.74, 6) is -1.83. The van der Waals surface area contributed by atoms with Crippen molar-refractivity contribution in [1.29, 1.82) is 0 Å². The zero-order valence-corrected chi connectivity index (χ0v) is 17.7. The molecule has 2 N–H and O–H groups in total. The standard InChI is InChI=1S/C21H20N4O5S/c1-24-19(27)16(17(22)25(21(24)29)11-13-7-4-3-5-8-13)15(26)12-30-20(28)14-9-6-10-23-18(14)31-2/h3-10H,11-12,22H2,1-2H3. The van der Waals surface area contributed by atoms with E-state index in [1.807, 2.05) is 6.07 Å². The Morgan fingerprint density at radius 3 is 2.52 bits per heavy atom. The van der Waals surface area contributed by atoms with Crippen molar-refractivity contribution < 1.29 is 14.3 Å². The maximum atomic E-state index is 12.7. The van der Waals surface area contributed by atoms with Crippen molar-refractivity contribution in [2.24, 2.45) is 7.05 Å². The number of hydrogen-bond donors (Lipinski definition) is 1. The van der Waals surface area contributed by atoms with Gasteiger partial charge >= 0.3 is 11.7 Å². The topological polar surface area (TPSA) is 126 Å². The Morgan fingerprint density at radius 1 is 1.13 bits per heavy atom. The third-order valence-corrected chi connectivity index (χ3v) is 5.28. The molecule has 0 spiro atoms. The Kier molecular flexibility index (Phi) is 6.71. The SMILES string of the molecule is CSc1ncccc1C(=O)OCC(=O)c1c(N)n(Cc2ccccc2)c(=O)n(C)c1=O. The number of ketones is 1. The largest absolute Gasteiger partial charge is 0.454 e. The number of carbonyl (C=O) groups is 2. The Hall–Kier alpha value is -3.66. The number of aromatic nitrogens is 3. The van der Waals surface area contributed by atoms with Crippen LogP contribution in [0.15, 0.2) is 63.3 Å². The third kappa shape index (κ3) is 4.58. The Balaban J connectivity index is 1.89. The molecule has 0 bridgehead atoms. The fraction of sp³-hybridized carbons (Fsp3) is 0.190. The van der Waals surface area contributed by atoms with Crippen LogP contribution >= 0.6 is 11.8 Å². The summed E-state index contributed by atoms with van der Waals surface area (Å²) >= 11 is 1.26. The highest BCUT2D eigenvalue weighted by atomic mass is 32.2. The number of hydrogen-bond acceptors (Lipinski definition) is 8. The number of benzene rings is 1. The number of pyridine rings is 1. The summed E-state index contributed by atoms with van der Waals surface area (Å²) in [6.45, 7) is -0.628. The van der Waals surface area contributed by atoms with Crippen LogP contribution in [-0.2, 0) is 18.3 Å². The monoisotopic (exact) mass is 440 g/mol. The molecule has 0 aliphatic heterocycles. The van der Waals surface area contributed by atoms with Gasteiger partial charge in [0.05, 0.1) is 12.1 Å². The van der Waals surface area contributed by atoms with Crippen LogP contribution in [0.5, 0.6) is 0 Å². The number of thioether (sulfide) groups is 1. The van der Waals surface area contributed by atoms with Crippen LogP contribution in [0.25, 0.3) is 0 Å². The average Bonchev–Trinajstić information content (AvgIpc) is 2.79. The molecular weight excluding hydrogens is 420 g/mol. The van der Waals surface area contributed by atoms with Gasteiger partial charge in [0.2, 0.25) is 5.78 Å². The molecule has 0 aliphatic rings. The van der Waals surface area contributed by atoms with Crippen molar-refractivity contribution in [3.05, 3.63) is 86.2 Å². The summed E-state index contributed by atoms with van der Waals surface area (Å²) in [6.07, 6.45) is 3.29. The second-order valence-corrected chi connectivity index (χ2v) is 7.33. The number of anilines is 1. The minimum absolute atomic E-state index is 0.0759. The van der Waals surface area contributed by atoms with Crippen LogP contribution in [0.4, 0.5) is 5.82 Å². The van der Waals surface area contributed by atoms with Crippen molar-refractivity contribution in [3.63, 3.8) is 0 Å². The highest BCUT2D eigenvalue weighted by molar-refractivity contribution is 7.98. The van der Waals surface area contributed by atoms with E-state index in [4.69, 9.17) is 10.5 Å². The predicted molar refractivity (Wildman–Crippen MR) is 117 cm³/mol. The van der Waals surface area contributed by atoms with Crippen molar-refractivity contribution in [2.45, 2.75) is 11.6 Å².